The molecule has 2 aromatic heterocycles. The van der Waals surface area contributed by atoms with Crippen LogP contribution in [0.25, 0.3) is 11.0 Å². The zero-order valence-corrected chi connectivity index (χ0v) is 9.91. The maximum absolute atomic E-state index is 6.00. The summed E-state index contributed by atoms with van der Waals surface area (Å²) in [6.45, 7) is 6.53. The zero-order chi connectivity index (χ0) is 11.1. The molecule has 0 aliphatic heterocycles. The molecule has 0 fully saturated rings. The van der Waals surface area contributed by atoms with Crippen LogP contribution in [0.2, 0.25) is 5.15 Å². The molecule has 0 spiro atoms. The first-order valence-corrected chi connectivity index (χ1v) is 5.42. The van der Waals surface area contributed by atoms with E-state index in [0.29, 0.717) is 5.15 Å². The van der Waals surface area contributed by atoms with Crippen LogP contribution in [0.4, 0.5) is 0 Å². The Balaban J connectivity index is 2.69. The molecule has 0 N–H and O–H groups in total. The maximum Gasteiger partial charge on any atom is 0.145 e. The fraction of sp³-hybridized carbons (Fsp3) is 0.455. The van der Waals surface area contributed by atoms with Gasteiger partial charge < -0.3 is 4.57 Å². The zero-order valence-electron chi connectivity index (χ0n) is 9.16. The van der Waals surface area contributed by atoms with Crippen LogP contribution >= 0.6 is 11.6 Å². The molecule has 2 aromatic rings. The summed E-state index contributed by atoms with van der Waals surface area (Å²) in [6.07, 6.45) is 4.57. The molecule has 80 valence electrons. The van der Waals surface area contributed by atoms with E-state index in [1.807, 2.05) is 12.3 Å². The third-order valence-corrected chi connectivity index (χ3v) is 3.25. The number of hydrogen-bond acceptors (Lipinski definition) is 2. The van der Waals surface area contributed by atoms with Crippen LogP contribution in [-0.4, -0.2) is 14.5 Å². The van der Waals surface area contributed by atoms with Gasteiger partial charge >= 0.3 is 0 Å². The van der Waals surface area contributed by atoms with Crippen molar-refractivity contribution in [3.63, 3.8) is 0 Å². The summed E-state index contributed by atoms with van der Waals surface area (Å²) >= 11 is 6.00. The molecule has 0 saturated carbocycles. The molecule has 0 atom stereocenters. The summed E-state index contributed by atoms with van der Waals surface area (Å²) in [5.74, 6) is 0. The van der Waals surface area contributed by atoms with Crippen LogP contribution in [0.3, 0.4) is 0 Å². The van der Waals surface area contributed by atoms with Crippen LogP contribution in [0.15, 0.2) is 18.6 Å². The standard InChI is InChI=1S/C11H14ClN3/c1-4-11(2,3)15-6-5-8-9(12)13-7-14-10(8)15/h5-7H,4H2,1-3H3. The summed E-state index contributed by atoms with van der Waals surface area (Å²) in [4.78, 5) is 8.25. The molecule has 0 aliphatic carbocycles. The lowest BCUT2D eigenvalue weighted by Gasteiger charge is -2.25. The molecule has 0 amide bonds. The highest BCUT2D eigenvalue weighted by molar-refractivity contribution is 6.33. The number of fused-ring (bicyclic) bond motifs is 1. The third kappa shape index (κ3) is 1.61. The van der Waals surface area contributed by atoms with Gasteiger partial charge in [0.25, 0.3) is 0 Å². The van der Waals surface area contributed by atoms with Crippen molar-refractivity contribution in [1.29, 1.82) is 0 Å². The van der Waals surface area contributed by atoms with Gasteiger partial charge in [0.1, 0.15) is 17.1 Å². The highest BCUT2D eigenvalue weighted by atomic mass is 35.5. The highest BCUT2D eigenvalue weighted by Crippen LogP contribution is 2.27. The normalized spacial score (nSPS) is 12.3. The van der Waals surface area contributed by atoms with Gasteiger partial charge in [0, 0.05) is 11.7 Å². The first-order chi connectivity index (χ1) is 7.06. The van der Waals surface area contributed by atoms with Gasteiger partial charge in [-0.15, -0.1) is 0 Å². The van der Waals surface area contributed by atoms with Gasteiger partial charge in [-0.1, -0.05) is 18.5 Å². The quantitative estimate of drug-likeness (QED) is 0.732. The molecule has 0 aromatic carbocycles. The van der Waals surface area contributed by atoms with E-state index in [1.165, 1.54) is 6.33 Å². The monoisotopic (exact) mass is 223 g/mol. The topological polar surface area (TPSA) is 30.7 Å². The van der Waals surface area contributed by atoms with Crippen molar-refractivity contribution in [3.8, 4) is 0 Å². The minimum Gasteiger partial charge on any atom is -0.327 e. The van der Waals surface area contributed by atoms with Crippen LogP contribution in [0.1, 0.15) is 27.2 Å². The number of aromatic nitrogens is 3. The molecule has 0 aliphatic rings. The third-order valence-electron chi connectivity index (χ3n) is 2.95. The largest absolute Gasteiger partial charge is 0.327 e. The van der Waals surface area contributed by atoms with E-state index in [-0.39, 0.29) is 5.54 Å². The van der Waals surface area contributed by atoms with Crippen LogP contribution in [0, 0.1) is 0 Å². The van der Waals surface area contributed by atoms with E-state index in [4.69, 9.17) is 11.6 Å². The average molecular weight is 224 g/mol. The fourth-order valence-electron chi connectivity index (χ4n) is 1.58. The predicted octanol–water partition coefficient (Wildman–Crippen LogP) is 3.23. The Morgan fingerprint density at radius 1 is 1.40 bits per heavy atom. The van der Waals surface area contributed by atoms with Gasteiger partial charge in [-0.2, -0.15) is 0 Å². The molecule has 0 bridgehead atoms. The Labute approximate surface area is 94.1 Å². The molecule has 2 heterocycles. The van der Waals surface area contributed by atoms with E-state index in [9.17, 15) is 0 Å². The first kappa shape index (κ1) is 10.4. The second-order valence-electron chi connectivity index (χ2n) is 4.25. The van der Waals surface area contributed by atoms with Crippen LogP contribution in [0.5, 0.6) is 0 Å². The molecule has 0 saturated heterocycles. The van der Waals surface area contributed by atoms with Crippen molar-refractivity contribution in [1.82, 2.24) is 14.5 Å². The van der Waals surface area contributed by atoms with Crippen molar-refractivity contribution < 1.29 is 0 Å². The van der Waals surface area contributed by atoms with E-state index >= 15 is 0 Å². The summed E-state index contributed by atoms with van der Waals surface area (Å²) in [5.41, 5.74) is 0.959. The lowest BCUT2D eigenvalue weighted by Crippen LogP contribution is -2.24. The van der Waals surface area contributed by atoms with E-state index in [2.05, 4.69) is 35.3 Å². The highest BCUT2D eigenvalue weighted by Gasteiger charge is 2.20. The van der Waals surface area contributed by atoms with E-state index in [0.717, 1.165) is 17.5 Å². The van der Waals surface area contributed by atoms with Gasteiger partial charge in [0.15, 0.2) is 0 Å². The van der Waals surface area contributed by atoms with Gasteiger partial charge in [0.2, 0.25) is 0 Å². The average Bonchev–Trinajstić information content (AvgIpc) is 2.63. The summed E-state index contributed by atoms with van der Waals surface area (Å²) in [5, 5.41) is 1.44. The molecule has 3 nitrogen and oxygen atoms in total. The van der Waals surface area contributed by atoms with Crippen LogP contribution in [-0.2, 0) is 5.54 Å². The Kier molecular flexibility index (Phi) is 2.43. The van der Waals surface area contributed by atoms with Crippen molar-refractivity contribution in [3.05, 3.63) is 23.7 Å². The number of halogens is 1. The molecular weight excluding hydrogens is 210 g/mol. The van der Waals surface area contributed by atoms with Gasteiger partial charge in [-0.25, -0.2) is 9.97 Å². The summed E-state index contributed by atoms with van der Waals surface area (Å²) < 4.78 is 2.15. The fourth-order valence-corrected chi connectivity index (χ4v) is 1.77. The molecule has 4 heteroatoms. The molecule has 0 unspecified atom stereocenters. The first-order valence-electron chi connectivity index (χ1n) is 5.04. The van der Waals surface area contributed by atoms with Crippen molar-refractivity contribution in [2.75, 3.05) is 0 Å². The molecular formula is C11H14ClN3. The van der Waals surface area contributed by atoms with Gasteiger partial charge in [0.05, 0.1) is 5.39 Å². The lowest BCUT2D eigenvalue weighted by molar-refractivity contribution is 0.352. The number of rotatable bonds is 2. The lowest BCUT2D eigenvalue weighted by atomic mass is 10.0. The van der Waals surface area contributed by atoms with Crippen molar-refractivity contribution in [2.24, 2.45) is 0 Å². The molecule has 0 radical (unpaired) electrons. The molecule has 15 heavy (non-hydrogen) atoms. The second kappa shape index (κ2) is 3.49. The van der Waals surface area contributed by atoms with Crippen molar-refractivity contribution in [2.45, 2.75) is 32.7 Å². The van der Waals surface area contributed by atoms with Gasteiger partial charge in [-0.05, 0) is 26.3 Å². The summed E-state index contributed by atoms with van der Waals surface area (Å²) in [6, 6.07) is 1.97. The predicted molar refractivity (Wildman–Crippen MR) is 62.2 cm³/mol. The molecule has 2 rings (SSSR count). The second-order valence-corrected chi connectivity index (χ2v) is 4.61. The minimum absolute atomic E-state index is 0.0550. The van der Waals surface area contributed by atoms with E-state index in [1.54, 1.807) is 0 Å². The SMILES string of the molecule is CCC(C)(C)n1ccc2c(Cl)ncnc21. The summed E-state index contributed by atoms with van der Waals surface area (Å²) in [7, 11) is 0. The Bertz CT molecular complexity index is 488. The Morgan fingerprint density at radius 2 is 2.13 bits per heavy atom. The maximum atomic E-state index is 6.00. The smallest absolute Gasteiger partial charge is 0.145 e. The number of hydrogen-bond donors (Lipinski definition) is 0. The number of nitrogens with zero attached hydrogens (tertiary/aromatic N) is 3. The van der Waals surface area contributed by atoms with Gasteiger partial charge in [-0.3, -0.25) is 0 Å². The van der Waals surface area contributed by atoms with Crippen LogP contribution < -0.4 is 0 Å². The van der Waals surface area contributed by atoms with Crippen molar-refractivity contribution >= 4 is 22.6 Å². The minimum atomic E-state index is 0.0550. The Hall–Kier alpha value is -1.09. The van der Waals surface area contributed by atoms with E-state index < -0.39 is 0 Å². The Morgan fingerprint density at radius 3 is 2.80 bits per heavy atom.